The molecule has 23 heavy (non-hydrogen) atoms. The van der Waals surface area contributed by atoms with Gasteiger partial charge in [0.25, 0.3) is 0 Å². The van der Waals surface area contributed by atoms with Gasteiger partial charge in [-0.2, -0.15) is 13.2 Å². The summed E-state index contributed by atoms with van der Waals surface area (Å²) in [6.45, 7) is 1.42. The fourth-order valence-corrected chi connectivity index (χ4v) is 2.58. The first-order chi connectivity index (χ1) is 10.5. The van der Waals surface area contributed by atoms with Gasteiger partial charge in [0.15, 0.2) is 0 Å². The highest BCUT2D eigenvalue weighted by atomic mass is 35.5. The summed E-state index contributed by atoms with van der Waals surface area (Å²) < 4.78 is 43.6. The molecule has 0 unspecified atom stereocenters. The lowest BCUT2D eigenvalue weighted by Gasteiger charge is -2.20. The number of halogens is 4. The highest BCUT2D eigenvalue weighted by molar-refractivity contribution is 5.85. The van der Waals surface area contributed by atoms with Crippen molar-refractivity contribution in [1.82, 2.24) is 15.3 Å². The Balaban J connectivity index is 0.00000192. The number of rotatable bonds is 2. The second kappa shape index (κ2) is 6.72. The van der Waals surface area contributed by atoms with Crippen molar-refractivity contribution in [2.24, 2.45) is 0 Å². The second-order valence-corrected chi connectivity index (χ2v) is 4.99. The van der Waals surface area contributed by atoms with E-state index in [0.717, 1.165) is 36.4 Å². The topological polar surface area (TPSA) is 47.0 Å². The Morgan fingerprint density at radius 3 is 2.70 bits per heavy atom. The zero-order valence-corrected chi connectivity index (χ0v) is 13.1. The highest BCUT2D eigenvalue weighted by Crippen LogP contribution is 2.38. The zero-order valence-electron chi connectivity index (χ0n) is 12.3. The van der Waals surface area contributed by atoms with Gasteiger partial charge in [0.1, 0.15) is 12.1 Å². The number of benzene rings is 1. The van der Waals surface area contributed by atoms with Crippen molar-refractivity contribution < 1.29 is 17.9 Å². The maximum atomic E-state index is 12.8. The molecule has 1 N–H and O–H groups in total. The summed E-state index contributed by atoms with van der Waals surface area (Å²) in [4.78, 5) is 8.49. The molecule has 124 valence electrons. The number of nitrogens with zero attached hydrogens (tertiary/aromatic N) is 2. The van der Waals surface area contributed by atoms with Crippen LogP contribution in [0.1, 0.15) is 16.8 Å². The fraction of sp³-hybridized carbons (Fsp3) is 0.333. The number of fused-ring (bicyclic) bond motifs is 1. The van der Waals surface area contributed by atoms with E-state index >= 15 is 0 Å². The Bertz CT molecular complexity index is 707. The van der Waals surface area contributed by atoms with E-state index < -0.39 is 11.7 Å². The molecule has 0 atom stereocenters. The number of ether oxygens (including phenoxy) is 1. The molecule has 1 aromatic carbocycles. The maximum absolute atomic E-state index is 12.8. The molecule has 8 heteroatoms. The van der Waals surface area contributed by atoms with Crippen LogP contribution >= 0.6 is 12.4 Å². The van der Waals surface area contributed by atoms with Crippen molar-refractivity contribution in [3.63, 3.8) is 0 Å². The standard InChI is InChI=1S/C15H14F3N3O.ClH/c1-22-13-6-9(15(16,17)18)2-3-11(13)14-10-4-5-19-7-12(10)20-8-21-14;/h2-3,6,8,19H,4-5,7H2,1H3;1H. The van der Waals surface area contributed by atoms with Crippen molar-refractivity contribution in [3.05, 3.63) is 41.3 Å². The summed E-state index contributed by atoms with van der Waals surface area (Å²) in [5.41, 5.74) is 2.28. The van der Waals surface area contributed by atoms with Gasteiger partial charge in [-0.05, 0) is 31.2 Å². The first-order valence-electron chi connectivity index (χ1n) is 6.80. The molecule has 0 saturated heterocycles. The zero-order chi connectivity index (χ0) is 15.7. The molecule has 1 aromatic heterocycles. The Labute approximate surface area is 137 Å². The van der Waals surface area contributed by atoms with Gasteiger partial charge < -0.3 is 10.1 Å². The minimum atomic E-state index is -4.40. The monoisotopic (exact) mass is 345 g/mol. The third-order valence-corrected chi connectivity index (χ3v) is 3.66. The lowest BCUT2D eigenvalue weighted by molar-refractivity contribution is -0.137. The van der Waals surface area contributed by atoms with Crippen LogP contribution in [0.3, 0.4) is 0 Å². The molecular weight excluding hydrogens is 331 g/mol. The highest BCUT2D eigenvalue weighted by Gasteiger charge is 2.31. The Morgan fingerprint density at radius 2 is 2.00 bits per heavy atom. The Morgan fingerprint density at radius 1 is 1.22 bits per heavy atom. The minimum Gasteiger partial charge on any atom is -0.496 e. The molecule has 0 bridgehead atoms. The molecule has 0 radical (unpaired) electrons. The van der Waals surface area contributed by atoms with E-state index in [2.05, 4.69) is 15.3 Å². The van der Waals surface area contributed by atoms with E-state index in [-0.39, 0.29) is 18.2 Å². The van der Waals surface area contributed by atoms with Gasteiger partial charge in [0.05, 0.1) is 24.1 Å². The predicted octanol–water partition coefficient (Wildman–Crippen LogP) is 3.24. The molecule has 0 aliphatic carbocycles. The molecule has 3 rings (SSSR count). The lowest BCUT2D eigenvalue weighted by Crippen LogP contribution is -2.25. The van der Waals surface area contributed by atoms with Crippen molar-refractivity contribution in [3.8, 4) is 17.0 Å². The van der Waals surface area contributed by atoms with Gasteiger partial charge >= 0.3 is 6.18 Å². The van der Waals surface area contributed by atoms with E-state index in [4.69, 9.17) is 4.74 Å². The van der Waals surface area contributed by atoms with Crippen LogP contribution in [0.15, 0.2) is 24.5 Å². The quantitative estimate of drug-likeness (QED) is 0.907. The average Bonchev–Trinajstić information content (AvgIpc) is 2.53. The van der Waals surface area contributed by atoms with E-state index in [1.165, 1.54) is 19.5 Å². The molecular formula is C15H15ClF3N3O. The normalized spacial score (nSPS) is 13.9. The lowest BCUT2D eigenvalue weighted by atomic mass is 9.98. The second-order valence-electron chi connectivity index (χ2n) is 4.99. The summed E-state index contributed by atoms with van der Waals surface area (Å²) in [6, 6.07) is 3.46. The summed E-state index contributed by atoms with van der Waals surface area (Å²) >= 11 is 0. The van der Waals surface area contributed by atoms with Crippen molar-refractivity contribution in [2.45, 2.75) is 19.1 Å². The SMILES string of the molecule is COc1cc(C(F)(F)F)ccc1-c1ncnc2c1CCNC2.Cl. The predicted molar refractivity (Wildman–Crippen MR) is 81.7 cm³/mol. The summed E-state index contributed by atoms with van der Waals surface area (Å²) in [5.74, 6) is 0.161. The van der Waals surface area contributed by atoms with Crippen LogP contribution in [0, 0.1) is 0 Å². The average molecular weight is 346 g/mol. The fourth-order valence-electron chi connectivity index (χ4n) is 2.58. The third kappa shape index (κ3) is 3.40. The molecule has 0 spiro atoms. The Kier molecular flexibility index (Phi) is 5.11. The van der Waals surface area contributed by atoms with Crippen molar-refractivity contribution >= 4 is 12.4 Å². The molecule has 4 nitrogen and oxygen atoms in total. The van der Waals surface area contributed by atoms with Crippen molar-refractivity contribution in [2.75, 3.05) is 13.7 Å². The van der Waals surface area contributed by atoms with Gasteiger partial charge in [0.2, 0.25) is 0 Å². The number of methoxy groups -OCH3 is 1. The first-order valence-corrected chi connectivity index (χ1v) is 6.80. The van der Waals surface area contributed by atoms with Gasteiger partial charge in [-0.3, -0.25) is 0 Å². The van der Waals surface area contributed by atoms with Crippen LogP contribution in [0.2, 0.25) is 0 Å². The molecule has 0 amide bonds. The number of alkyl halides is 3. The molecule has 2 aromatic rings. The number of hydrogen-bond acceptors (Lipinski definition) is 4. The van der Waals surface area contributed by atoms with Crippen molar-refractivity contribution in [1.29, 1.82) is 0 Å². The van der Waals surface area contributed by atoms with Crippen LogP contribution in [0.5, 0.6) is 5.75 Å². The van der Waals surface area contributed by atoms with E-state index in [1.54, 1.807) is 0 Å². The summed E-state index contributed by atoms with van der Waals surface area (Å²) in [7, 11) is 1.36. The summed E-state index contributed by atoms with van der Waals surface area (Å²) in [6.07, 6.45) is -2.24. The molecule has 1 aliphatic heterocycles. The van der Waals surface area contributed by atoms with E-state index in [0.29, 0.717) is 17.8 Å². The number of aromatic nitrogens is 2. The molecule has 0 fully saturated rings. The number of nitrogens with one attached hydrogen (secondary N) is 1. The van der Waals surface area contributed by atoms with Gasteiger partial charge in [-0.25, -0.2) is 9.97 Å². The van der Waals surface area contributed by atoms with Crippen LogP contribution < -0.4 is 10.1 Å². The van der Waals surface area contributed by atoms with Gasteiger partial charge in [-0.15, -0.1) is 12.4 Å². The minimum absolute atomic E-state index is 0. The first kappa shape index (κ1) is 17.5. The molecule has 0 saturated carbocycles. The molecule has 1 aliphatic rings. The largest absolute Gasteiger partial charge is 0.496 e. The number of hydrogen-bond donors (Lipinski definition) is 1. The smallest absolute Gasteiger partial charge is 0.416 e. The summed E-state index contributed by atoms with van der Waals surface area (Å²) in [5, 5.41) is 3.21. The van der Waals surface area contributed by atoms with Crippen LogP contribution in [-0.2, 0) is 19.1 Å². The Hall–Kier alpha value is -1.86. The van der Waals surface area contributed by atoms with Crippen LogP contribution in [0.4, 0.5) is 13.2 Å². The molecule has 2 heterocycles. The third-order valence-electron chi connectivity index (χ3n) is 3.66. The van der Waals surface area contributed by atoms with E-state index in [1.807, 2.05) is 0 Å². The maximum Gasteiger partial charge on any atom is 0.416 e. The van der Waals surface area contributed by atoms with Crippen LogP contribution in [-0.4, -0.2) is 23.6 Å². The van der Waals surface area contributed by atoms with Gasteiger partial charge in [0, 0.05) is 17.7 Å². The van der Waals surface area contributed by atoms with Crippen LogP contribution in [0.25, 0.3) is 11.3 Å². The van der Waals surface area contributed by atoms with Gasteiger partial charge in [-0.1, -0.05) is 0 Å². The van der Waals surface area contributed by atoms with E-state index in [9.17, 15) is 13.2 Å².